The summed E-state index contributed by atoms with van der Waals surface area (Å²) in [5, 5.41) is 20.1. The largest absolute Gasteiger partial charge is 0.361 e. The molecule has 2 heterocycles. The minimum absolute atomic E-state index is 0.463. The second-order valence-corrected chi connectivity index (χ2v) is 2.89. The molecule has 0 bridgehead atoms. The number of anilines is 1. The number of aryl methyl sites for hydroxylation is 2. The monoisotopic (exact) mass is 194 g/mol. The number of tetrazole rings is 1. The van der Waals surface area contributed by atoms with Crippen molar-refractivity contribution in [2.75, 3.05) is 5.32 Å². The van der Waals surface area contributed by atoms with Crippen molar-refractivity contribution in [1.29, 1.82) is 0 Å². The lowest BCUT2D eigenvalue weighted by Crippen LogP contribution is -2.02. The third-order valence-corrected chi connectivity index (χ3v) is 1.95. The van der Waals surface area contributed by atoms with E-state index in [0.717, 1.165) is 17.0 Å². The van der Waals surface area contributed by atoms with Crippen LogP contribution in [0.25, 0.3) is 0 Å². The van der Waals surface area contributed by atoms with Crippen LogP contribution in [0.4, 0.5) is 5.95 Å². The predicted molar refractivity (Wildman–Crippen MR) is 47.5 cm³/mol. The zero-order valence-electron chi connectivity index (χ0n) is 7.90. The Labute approximate surface area is 79.9 Å². The molecule has 2 aromatic rings. The molecule has 0 unspecified atom stereocenters. The Morgan fingerprint density at radius 1 is 1.43 bits per heavy atom. The maximum atomic E-state index is 5.01. The molecule has 2 aromatic heterocycles. The van der Waals surface area contributed by atoms with Gasteiger partial charge in [0.2, 0.25) is 0 Å². The van der Waals surface area contributed by atoms with Gasteiger partial charge in [-0.25, -0.2) is 0 Å². The summed E-state index contributed by atoms with van der Waals surface area (Å²) in [6.45, 7) is 4.34. The van der Waals surface area contributed by atoms with Gasteiger partial charge in [-0.15, -0.1) is 5.10 Å². The minimum Gasteiger partial charge on any atom is -0.361 e. The highest BCUT2D eigenvalue weighted by Gasteiger charge is 2.08. The summed E-state index contributed by atoms with van der Waals surface area (Å²) in [5.41, 5.74) is 1.90. The number of rotatable bonds is 3. The zero-order chi connectivity index (χ0) is 9.97. The summed E-state index contributed by atoms with van der Waals surface area (Å²) >= 11 is 0. The van der Waals surface area contributed by atoms with Gasteiger partial charge in [-0.3, -0.25) is 0 Å². The van der Waals surface area contributed by atoms with E-state index >= 15 is 0 Å². The molecule has 0 fully saturated rings. The summed E-state index contributed by atoms with van der Waals surface area (Å²) in [4.78, 5) is 0. The molecule has 0 aromatic carbocycles. The first-order chi connectivity index (χ1) is 6.77. The van der Waals surface area contributed by atoms with E-state index in [0.29, 0.717) is 12.5 Å². The molecule has 14 heavy (non-hydrogen) atoms. The summed E-state index contributed by atoms with van der Waals surface area (Å²) in [6, 6.07) is 0. The topological polar surface area (TPSA) is 92.5 Å². The first-order valence-electron chi connectivity index (χ1n) is 4.16. The molecular formula is C7H10N6O. The number of aromatic amines is 1. The summed E-state index contributed by atoms with van der Waals surface area (Å²) in [7, 11) is 0. The number of H-pyrrole nitrogens is 1. The molecule has 0 aliphatic heterocycles. The smallest absolute Gasteiger partial charge is 0.263 e. The van der Waals surface area contributed by atoms with Crippen LogP contribution < -0.4 is 5.32 Å². The van der Waals surface area contributed by atoms with Gasteiger partial charge >= 0.3 is 0 Å². The van der Waals surface area contributed by atoms with Gasteiger partial charge in [0.1, 0.15) is 5.76 Å². The van der Waals surface area contributed by atoms with Gasteiger partial charge in [-0.1, -0.05) is 10.3 Å². The van der Waals surface area contributed by atoms with Crippen LogP contribution in [0.5, 0.6) is 0 Å². The van der Waals surface area contributed by atoms with Crippen molar-refractivity contribution in [2.24, 2.45) is 0 Å². The highest BCUT2D eigenvalue weighted by Crippen LogP contribution is 2.12. The molecule has 0 saturated carbocycles. The van der Waals surface area contributed by atoms with Crippen LogP contribution in [0, 0.1) is 13.8 Å². The molecule has 0 amide bonds. The molecule has 2 rings (SSSR count). The molecule has 0 spiro atoms. The van der Waals surface area contributed by atoms with Crippen LogP contribution in [0.2, 0.25) is 0 Å². The van der Waals surface area contributed by atoms with Crippen molar-refractivity contribution >= 4 is 5.95 Å². The van der Waals surface area contributed by atoms with Crippen molar-refractivity contribution < 1.29 is 4.52 Å². The number of hydrogen-bond acceptors (Lipinski definition) is 6. The van der Waals surface area contributed by atoms with E-state index in [1.165, 1.54) is 0 Å². The Bertz CT molecular complexity index is 386. The average Bonchev–Trinajstić information content (AvgIpc) is 2.76. The van der Waals surface area contributed by atoms with E-state index in [4.69, 9.17) is 4.52 Å². The number of nitrogens with one attached hydrogen (secondary N) is 2. The fraction of sp³-hybridized carbons (Fsp3) is 0.429. The van der Waals surface area contributed by atoms with Crippen LogP contribution in [0.15, 0.2) is 4.52 Å². The molecular weight excluding hydrogens is 184 g/mol. The van der Waals surface area contributed by atoms with Gasteiger partial charge in [0, 0.05) is 12.1 Å². The van der Waals surface area contributed by atoms with Gasteiger partial charge in [0.05, 0.1) is 5.69 Å². The molecule has 7 heteroatoms. The Morgan fingerprint density at radius 3 is 2.86 bits per heavy atom. The zero-order valence-corrected chi connectivity index (χ0v) is 7.90. The second kappa shape index (κ2) is 3.44. The lowest BCUT2D eigenvalue weighted by atomic mass is 10.2. The Balaban J connectivity index is 2.05. The third kappa shape index (κ3) is 1.56. The van der Waals surface area contributed by atoms with Gasteiger partial charge in [-0.05, 0) is 19.1 Å². The second-order valence-electron chi connectivity index (χ2n) is 2.89. The molecule has 0 aliphatic carbocycles. The van der Waals surface area contributed by atoms with Crippen LogP contribution in [-0.2, 0) is 6.54 Å². The van der Waals surface area contributed by atoms with Crippen molar-refractivity contribution in [3.05, 3.63) is 17.0 Å². The molecule has 2 N–H and O–H groups in total. The summed E-state index contributed by atoms with van der Waals surface area (Å²) < 4.78 is 5.01. The Kier molecular flexibility index (Phi) is 2.13. The lowest BCUT2D eigenvalue weighted by Gasteiger charge is -1.99. The molecule has 0 aliphatic rings. The maximum Gasteiger partial charge on any atom is 0.263 e. The van der Waals surface area contributed by atoms with Crippen molar-refractivity contribution in [3.63, 3.8) is 0 Å². The SMILES string of the molecule is Cc1noc(C)c1CNc1nn[nH]n1. The van der Waals surface area contributed by atoms with Crippen LogP contribution in [-0.4, -0.2) is 25.8 Å². The first kappa shape index (κ1) is 8.67. The van der Waals surface area contributed by atoms with E-state index in [1.807, 2.05) is 13.8 Å². The Morgan fingerprint density at radius 2 is 2.29 bits per heavy atom. The lowest BCUT2D eigenvalue weighted by molar-refractivity contribution is 0.392. The number of hydrogen-bond donors (Lipinski definition) is 2. The number of nitrogens with zero attached hydrogens (tertiary/aromatic N) is 4. The summed E-state index contributed by atoms with van der Waals surface area (Å²) in [5.74, 6) is 1.27. The quantitative estimate of drug-likeness (QED) is 0.735. The third-order valence-electron chi connectivity index (χ3n) is 1.95. The van der Waals surface area contributed by atoms with Crippen LogP contribution >= 0.6 is 0 Å². The van der Waals surface area contributed by atoms with E-state index in [9.17, 15) is 0 Å². The molecule has 74 valence electrons. The fourth-order valence-electron chi connectivity index (χ4n) is 1.16. The highest BCUT2D eigenvalue weighted by molar-refractivity contribution is 5.27. The predicted octanol–water partition coefficient (Wildman–Crippen LogP) is 0.417. The molecule has 0 radical (unpaired) electrons. The van der Waals surface area contributed by atoms with Gasteiger partial charge in [0.15, 0.2) is 0 Å². The van der Waals surface area contributed by atoms with E-state index in [-0.39, 0.29) is 0 Å². The van der Waals surface area contributed by atoms with E-state index in [2.05, 4.69) is 31.1 Å². The van der Waals surface area contributed by atoms with E-state index in [1.54, 1.807) is 0 Å². The molecule has 0 saturated heterocycles. The fourth-order valence-corrected chi connectivity index (χ4v) is 1.16. The Hall–Kier alpha value is -1.92. The summed E-state index contributed by atoms with van der Waals surface area (Å²) in [6.07, 6.45) is 0. The van der Waals surface area contributed by atoms with Crippen molar-refractivity contribution in [3.8, 4) is 0 Å². The van der Waals surface area contributed by atoms with Gasteiger partial charge in [-0.2, -0.15) is 5.21 Å². The first-order valence-corrected chi connectivity index (χ1v) is 4.16. The van der Waals surface area contributed by atoms with Crippen LogP contribution in [0.3, 0.4) is 0 Å². The van der Waals surface area contributed by atoms with Crippen molar-refractivity contribution in [2.45, 2.75) is 20.4 Å². The highest BCUT2D eigenvalue weighted by atomic mass is 16.5. The molecule has 0 atom stereocenters. The van der Waals surface area contributed by atoms with Gasteiger partial charge < -0.3 is 9.84 Å². The van der Waals surface area contributed by atoms with Crippen LogP contribution in [0.1, 0.15) is 17.0 Å². The number of aromatic nitrogens is 5. The van der Waals surface area contributed by atoms with Crippen molar-refractivity contribution in [1.82, 2.24) is 25.8 Å². The van der Waals surface area contributed by atoms with Gasteiger partial charge in [0.25, 0.3) is 5.95 Å². The normalized spacial score (nSPS) is 10.4. The van der Waals surface area contributed by atoms with E-state index < -0.39 is 0 Å². The molecule has 7 nitrogen and oxygen atoms in total. The maximum absolute atomic E-state index is 5.01. The average molecular weight is 194 g/mol. The standard InChI is InChI=1S/C7H10N6O/c1-4-6(5(2)14-11-4)3-8-7-9-12-13-10-7/h3H2,1-2H3,(H2,8,9,10,12,13). The minimum atomic E-state index is 0.463.